The summed E-state index contributed by atoms with van der Waals surface area (Å²) in [5.74, 6) is 4.49. The molecule has 11 heteroatoms. The molecular formula is C30H39N9O2. The summed E-state index contributed by atoms with van der Waals surface area (Å²) in [4.78, 5) is 20.9. The van der Waals surface area contributed by atoms with Crippen LogP contribution < -0.4 is 5.32 Å². The predicted octanol–water partition coefficient (Wildman–Crippen LogP) is 4.59. The van der Waals surface area contributed by atoms with Gasteiger partial charge in [0.05, 0.1) is 30.3 Å². The Morgan fingerprint density at radius 3 is 2.68 bits per heavy atom. The van der Waals surface area contributed by atoms with Gasteiger partial charge in [-0.3, -0.25) is 9.58 Å². The quantitative estimate of drug-likeness (QED) is 0.375. The van der Waals surface area contributed by atoms with Gasteiger partial charge in [0.25, 0.3) is 0 Å². The molecule has 216 valence electrons. The lowest BCUT2D eigenvalue weighted by atomic mass is 10.2. The van der Waals surface area contributed by atoms with Crippen molar-refractivity contribution in [3.63, 3.8) is 0 Å². The number of allylic oxidation sites excluding steroid dienone is 1. The van der Waals surface area contributed by atoms with E-state index in [0.717, 1.165) is 85.1 Å². The number of hydrogen-bond donors (Lipinski definition) is 1. The van der Waals surface area contributed by atoms with E-state index < -0.39 is 0 Å². The number of aromatic nitrogens is 5. The first-order valence-corrected chi connectivity index (χ1v) is 14.4. The van der Waals surface area contributed by atoms with E-state index in [9.17, 15) is 0 Å². The van der Waals surface area contributed by atoms with Crippen LogP contribution in [-0.2, 0) is 11.3 Å². The normalized spacial score (nSPS) is 20.6. The Morgan fingerprint density at radius 1 is 1.07 bits per heavy atom. The maximum Gasteiger partial charge on any atom is 0.195 e. The molecular weight excluding hydrogens is 518 g/mol. The molecule has 1 unspecified atom stereocenters. The van der Waals surface area contributed by atoms with E-state index in [-0.39, 0.29) is 6.04 Å². The second-order valence-corrected chi connectivity index (χ2v) is 11.1. The summed E-state index contributed by atoms with van der Waals surface area (Å²) in [6.07, 6.45) is 5.14. The first-order valence-electron chi connectivity index (χ1n) is 14.4. The minimum absolute atomic E-state index is 0.0757. The summed E-state index contributed by atoms with van der Waals surface area (Å²) in [6, 6.07) is 8.06. The van der Waals surface area contributed by atoms with Gasteiger partial charge in [0, 0.05) is 70.5 Å². The minimum Gasteiger partial charge on any atom is -0.479 e. The molecule has 2 aliphatic rings. The summed E-state index contributed by atoms with van der Waals surface area (Å²) in [7, 11) is 6.14. The molecule has 1 atom stereocenters. The van der Waals surface area contributed by atoms with Crippen LogP contribution in [0.1, 0.15) is 44.3 Å². The lowest BCUT2D eigenvalue weighted by Crippen LogP contribution is -2.43. The monoisotopic (exact) mass is 557 g/mol. The number of fused-ring (bicyclic) bond motifs is 3. The van der Waals surface area contributed by atoms with Crippen molar-refractivity contribution in [3.05, 3.63) is 54.1 Å². The number of likely N-dealkylation sites (N-methyl/N-ethyl adjacent to an activating group) is 1. The molecule has 4 aromatic heterocycles. The highest BCUT2D eigenvalue weighted by Crippen LogP contribution is 2.34. The Labute approximate surface area is 240 Å². The summed E-state index contributed by atoms with van der Waals surface area (Å²) >= 11 is 0. The Morgan fingerprint density at radius 2 is 1.90 bits per heavy atom. The molecule has 4 aromatic rings. The fourth-order valence-electron chi connectivity index (χ4n) is 5.48. The van der Waals surface area contributed by atoms with Crippen molar-refractivity contribution in [1.29, 1.82) is 0 Å². The average molecular weight is 558 g/mol. The van der Waals surface area contributed by atoms with Gasteiger partial charge in [0.1, 0.15) is 23.1 Å². The zero-order chi connectivity index (χ0) is 28.5. The molecule has 0 saturated carbocycles. The smallest absolute Gasteiger partial charge is 0.195 e. The van der Waals surface area contributed by atoms with Crippen molar-refractivity contribution in [2.45, 2.75) is 39.3 Å². The maximum atomic E-state index is 6.37. The summed E-state index contributed by atoms with van der Waals surface area (Å²) in [5, 5.41) is 9.41. The zero-order valence-electron chi connectivity index (χ0n) is 24.6. The number of rotatable bonds is 5. The molecule has 41 heavy (non-hydrogen) atoms. The van der Waals surface area contributed by atoms with E-state index in [2.05, 4.69) is 51.7 Å². The number of anilines is 2. The topological polar surface area (TPSA) is 101 Å². The van der Waals surface area contributed by atoms with Crippen molar-refractivity contribution >= 4 is 28.1 Å². The Bertz CT molecular complexity index is 1550. The minimum atomic E-state index is 0.0757. The van der Waals surface area contributed by atoms with Crippen molar-refractivity contribution < 1.29 is 9.15 Å². The van der Waals surface area contributed by atoms with E-state index in [1.165, 1.54) is 0 Å². The molecule has 1 saturated heterocycles. The van der Waals surface area contributed by atoms with E-state index in [0.29, 0.717) is 24.1 Å². The molecule has 0 amide bonds. The van der Waals surface area contributed by atoms with Crippen LogP contribution >= 0.6 is 0 Å². The Balaban J connectivity index is 1.36. The number of pyridine rings is 1. The van der Waals surface area contributed by atoms with Crippen LogP contribution in [0.25, 0.3) is 27.9 Å². The van der Waals surface area contributed by atoms with E-state index >= 15 is 0 Å². The highest BCUT2D eigenvalue weighted by molar-refractivity contribution is 5.93. The fourth-order valence-corrected chi connectivity index (χ4v) is 5.48. The number of hydrogen-bond acceptors (Lipinski definition) is 10. The lowest BCUT2D eigenvalue weighted by molar-refractivity contribution is 0.131. The van der Waals surface area contributed by atoms with Gasteiger partial charge < -0.3 is 24.3 Å². The molecule has 0 spiro atoms. The lowest BCUT2D eigenvalue weighted by Gasteiger charge is -2.31. The largest absolute Gasteiger partial charge is 0.479 e. The van der Waals surface area contributed by atoms with Gasteiger partial charge >= 0.3 is 0 Å². The molecule has 4 bridgehead atoms. The number of piperazine rings is 1. The number of furan rings is 1. The number of nitrogens with zero attached hydrogens (tertiary/aromatic N) is 8. The molecule has 0 aliphatic carbocycles. The summed E-state index contributed by atoms with van der Waals surface area (Å²) < 4.78 is 14.8. The van der Waals surface area contributed by atoms with E-state index in [4.69, 9.17) is 24.2 Å². The van der Waals surface area contributed by atoms with Crippen LogP contribution in [0.2, 0.25) is 0 Å². The molecule has 6 heterocycles. The second kappa shape index (κ2) is 11.5. The average Bonchev–Trinajstić information content (AvgIpc) is 3.58. The Hall–Kier alpha value is -3.96. The molecule has 0 aromatic carbocycles. The number of ether oxygens (including phenoxy) is 1. The molecule has 1 fully saturated rings. The van der Waals surface area contributed by atoms with Crippen LogP contribution in [0.5, 0.6) is 0 Å². The zero-order valence-corrected chi connectivity index (χ0v) is 24.6. The third-order valence-corrected chi connectivity index (χ3v) is 7.85. The van der Waals surface area contributed by atoms with Crippen LogP contribution in [0, 0.1) is 0 Å². The maximum absolute atomic E-state index is 6.37. The van der Waals surface area contributed by atoms with Gasteiger partial charge in [0.2, 0.25) is 0 Å². The van der Waals surface area contributed by atoms with Crippen LogP contribution in [0.3, 0.4) is 0 Å². The standard InChI is InChI=1S/C30H39N9O2/c1-6-22-29-31-11-9-26(34-29)33-27-17-24-23(18-32-27)28(35-39(24)20(2)10-16-40-30(22)36(3)4)25-8-7-21(41-25)19-38-14-12-37(5)13-15-38/h7-9,11,17-18,20H,6,10,12-16,19H2,1-5H3,(H,31,32,33,34)/b30-22-. The Kier molecular flexibility index (Phi) is 7.63. The first kappa shape index (κ1) is 27.2. The molecule has 0 radical (unpaired) electrons. The van der Waals surface area contributed by atoms with Crippen LogP contribution in [0.4, 0.5) is 11.6 Å². The molecule has 11 nitrogen and oxygen atoms in total. The van der Waals surface area contributed by atoms with Crippen LogP contribution in [-0.4, -0.2) is 93.4 Å². The summed E-state index contributed by atoms with van der Waals surface area (Å²) in [6.45, 7) is 9.84. The van der Waals surface area contributed by atoms with Gasteiger partial charge in [-0.25, -0.2) is 15.0 Å². The number of nitrogens with one attached hydrogen (secondary N) is 1. The van der Waals surface area contributed by atoms with Crippen molar-refractivity contribution in [2.75, 3.05) is 59.2 Å². The molecule has 6 rings (SSSR count). The van der Waals surface area contributed by atoms with Gasteiger partial charge in [0.15, 0.2) is 17.5 Å². The highest BCUT2D eigenvalue weighted by atomic mass is 16.5. The van der Waals surface area contributed by atoms with Gasteiger partial charge in [-0.05, 0) is 38.6 Å². The summed E-state index contributed by atoms with van der Waals surface area (Å²) in [5.41, 5.74) is 2.73. The fraction of sp³-hybridized carbons (Fsp3) is 0.467. The van der Waals surface area contributed by atoms with Gasteiger partial charge in [-0.1, -0.05) is 6.92 Å². The van der Waals surface area contributed by atoms with Crippen molar-refractivity contribution in [2.24, 2.45) is 0 Å². The van der Waals surface area contributed by atoms with Gasteiger partial charge in [-0.15, -0.1) is 0 Å². The van der Waals surface area contributed by atoms with Crippen LogP contribution in [0.15, 0.2) is 47.0 Å². The van der Waals surface area contributed by atoms with Crippen molar-refractivity contribution in [1.82, 2.24) is 39.4 Å². The molecule has 2 aliphatic heterocycles. The second-order valence-electron chi connectivity index (χ2n) is 11.1. The van der Waals surface area contributed by atoms with Crippen molar-refractivity contribution in [3.8, 4) is 11.5 Å². The third kappa shape index (κ3) is 5.64. The molecule has 1 N–H and O–H groups in total. The predicted molar refractivity (Wildman–Crippen MR) is 159 cm³/mol. The third-order valence-electron chi connectivity index (χ3n) is 7.85. The van der Waals surface area contributed by atoms with E-state index in [1.54, 1.807) is 6.20 Å². The first-order chi connectivity index (χ1) is 19.9. The van der Waals surface area contributed by atoms with Gasteiger partial charge in [-0.2, -0.15) is 5.10 Å². The highest BCUT2D eigenvalue weighted by Gasteiger charge is 2.23. The van der Waals surface area contributed by atoms with E-state index in [1.807, 2.05) is 43.4 Å². The SMILES string of the molecule is CC/C1=C(\N(C)C)OCCC(C)n2nc(-c3ccc(CN4CCN(C)CC4)o3)c3cnc(cc32)Nc2ccnc1n2.